The molecule has 0 N–H and O–H groups in total. The smallest absolute Gasteiger partial charge is 0.123 e. The first-order valence-corrected chi connectivity index (χ1v) is 4.50. The van der Waals surface area contributed by atoms with Gasteiger partial charge in [-0.2, -0.15) is 0 Å². The van der Waals surface area contributed by atoms with E-state index in [0.29, 0.717) is 6.04 Å². The fourth-order valence-electron chi connectivity index (χ4n) is 1.14. The molecule has 0 heterocycles. The summed E-state index contributed by atoms with van der Waals surface area (Å²) in [6, 6.07) is 7.20. The standard InChI is InChI=1S/C11H16FN.ClH/c1-9(13(2)3)8-10-4-6-11(12)7-5-10;/h4-7,9H,8H2,1-3H3;1H. The quantitative estimate of drug-likeness (QED) is 0.753. The lowest BCUT2D eigenvalue weighted by atomic mass is 10.1. The molecule has 0 radical (unpaired) electrons. The fraction of sp³-hybridized carbons (Fsp3) is 0.455. The van der Waals surface area contributed by atoms with Gasteiger partial charge >= 0.3 is 0 Å². The molecule has 1 rings (SSSR count). The average Bonchev–Trinajstić information content (AvgIpc) is 2.08. The SMILES string of the molecule is CC(Cc1ccc(F)cc1)N(C)C.Cl. The summed E-state index contributed by atoms with van der Waals surface area (Å²) in [4.78, 5) is 2.16. The summed E-state index contributed by atoms with van der Waals surface area (Å²) in [6.45, 7) is 2.16. The first-order valence-electron chi connectivity index (χ1n) is 4.50. The summed E-state index contributed by atoms with van der Waals surface area (Å²) in [7, 11) is 4.10. The first-order chi connectivity index (χ1) is 6.09. The largest absolute Gasteiger partial charge is 0.306 e. The molecule has 80 valence electrons. The molecule has 0 amide bonds. The predicted molar refractivity (Wildman–Crippen MR) is 60.5 cm³/mol. The maximum Gasteiger partial charge on any atom is 0.123 e. The molecule has 1 unspecified atom stereocenters. The van der Waals surface area contributed by atoms with Crippen LogP contribution in [0.15, 0.2) is 24.3 Å². The highest BCUT2D eigenvalue weighted by Gasteiger charge is 2.05. The Balaban J connectivity index is 0.00000169. The normalized spacial score (nSPS) is 12.4. The molecule has 0 aliphatic carbocycles. The van der Waals surface area contributed by atoms with Crippen LogP contribution in [0.3, 0.4) is 0 Å². The summed E-state index contributed by atoms with van der Waals surface area (Å²) in [5, 5.41) is 0. The van der Waals surface area contributed by atoms with Crippen LogP contribution in [0.5, 0.6) is 0 Å². The number of benzene rings is 1. The van der Waals surface area contributed by atoms with E-state index < -0.39 is 0 Å². The van der Waals surface area contributed by atoms with Crippen molar-refractivity contribution in [2.45, 2.75) is 19.4 Å². The van der Waals surface area contributed by atoms with Gasteiger partial charge in [0.2, 0.25) is 0 Å². The molecule has 0 aromatic heterocycles. The second-order valence-corrected chi connectivity index (χ2v) is 3.64. The van der Waals surface area contributed by atoms with Crippen molar-refractivity contribution in [2.24, 2.45) is 0 Å². The van der Waals surface area contributed by atoms with Crippen LogP contribution in [0.4, 0.5) is 4.39 Å². The highest BCUT2D eigenvalue weighted by atomic mass is 35.5. The van der Waals surface area contributed by atoms with Crippen molar-refractivity contribution >= 4 is 12.4 Å². The van der Waals surface area contributed by atoms with E-state index in [9.17, 15) is 4.39 Å². The molecule has 0 spiro atoms. The van der Waals surface area contributed by atoms with E-state index in [-0.39, 0.29) is 18.2 Å². The van der Waals surface area contributed by atoms with Crippen molar-refractivity contribution in [2.75, 3.05) is 14.1 Å². The van der Waals surface area contributed by atoms with E-state index in [0.717, 1.165) is 6.42 Å². The van der Waals surface area contributed by atoms with Gasteiger partial charge in [-0.05, 0) is 45.1 Å². The van der Waals surface area contributed by atoms with Gasteiger partial charge in [0.05, 0.1) is 0 Å². The first kappa shape index (κ1) is 13.4. The molecule has 1 atom stereocenters. The molecule has 0 saturated heterocycles. The van der Waals surface area contributed by atoms with Crippen molar-refractivity contribution in [3.05, 3.63) is 35.6 Å². The van der Waals surface area contributed by atoms with Gasteiger partial charge in [0, 0.05) is 6.04 Å². The van der Waals surface area contributed by atoms with E-state index in [4.69, 9.17) is 0 Å². The number of hydrogen-bond acceptors (Lipinski definition) is 1. The second-order valence-electron chi connectivity index (χ2n) is 3.64. The lowest BCUT2D eigenvalue weighted by molar-refractivity contribution is 0.312. The molecule has 1 aromatic rings. The van der Waals surface area contributed by atoms with Crippen LogP contribution in [0.1, 0.15) is 12.5 Å². The third-order valence-corrected chi connectivity index (χ3v) is 2.33. The monoisotopic (exact) mass is 217 g/mol. The highest BCUT2D eigenvalue weighted by molar-refractivity contribution is 5.85. The van der Waals surface area contributed by atoms with Gasteiger partial charge in [0.25, 0.3) is 0 Å². The van der Waals surface area contributed by atoms with Gasteiger partial charge in [-0.3, -0.25) is 0 Å². The summed E-state index contributed by atoms with van der Waals surface area (Å²) < 4.78 is 12.6. The molecule has 0 aliphatic heterocycles. The van der Waals surface area contributed by atoms with E-state index in [1.54, 1.807) is 0 Å². The van der Waals surface area contributed by atoms with E-state index in [1.165, 1.54) is 17.7 Å². The van der Waals surface area contributed by atoms with Crippen LogP contribution in [0.2, 0.25) is 0 Å². The van der Waals surface area contributed by atoms with Crippen molar-refractivity contribution < 1.29 is 4.39 Å². The zero-order valence-electron chi connectivity index (χ0n) is 8.83. The van der Waals surface area contributed by atoms with Crippen molar-refractivity contribution in [3.8, 4) is 0 Å². The molecule has 0 fully saturated rings. The van der Waals surface area contributed by atoms with E-state index in [2.05, 4.69) is 11.8 Å². The Hall–Kier alpha value is -0.600. The predicted octanol–water partition coefficient (Wildman–Crippen LogP) is 2.74. The minimum absolute atomic E-state index is 0. The molecular weight excluding hydrogens is 201 g/mol. The maximum atomic E-state index is 12.6. The van der Waals surface area contributed by atoms with Crippen LogP contribution in [-0.2, 0) is 6.42 Å². The topological polar surface area (TPSA) is 3.24 Å². The average molecular weight is 218 g/mol. The Kier molecular flexibility index (Phi) is 5.73. The zero-order chi connectivity index (χ0) is 9.84. The van der Waals surface area contributed by atoms with Crippen molar-refractivity contribution in [1.29, 1.82) is 0 Å². The van der Waals surface area contributed by atoms with Gasteiger partial charge in [0.15, 0.2) is 0 Å². The Morgan fingerprint density at radius 3 is 2.14 bits per heavy atom. The minimum atomic E-state index is -0.166. The number of rotatable bonds is 3. The highest BCUT2D eigenvalue weighted by Crippen LogP contribution is 2.07. The zero-order valence-corrected chi connectivity index (χ0v) is 9.64. The van der Waals surface area contributed by atoms with Gasteiger partial charge in [-0.25, -0.2) is 4.39 Å². The van der Waals surface area contributed by atoms with Crippen LogP contribution in [-0.4, -0.2) is 25.0 Å². The van der Waals surface area contributed by atoms with Crippen LogP contribution in [0.25, 0.3) is 0 Å². The summed E-state index contributed by atoms with van der Waals surface area (Å²) >= 11 is 0. The van der Waals surface area contributed by atoms with Crippen LogP contribution in [0, 0.1) is 5.82 Å². The molecule has 1 nitrogen and oxygen atoms in total. The number of nitrogens with zero attached hydrogens (tertiary/aromatic N) is 1. The Bertz CT molecular complexity index is 258. The van der Waals surface area contributed by atoms with Gasteiger partial charge in [-0.1, -0.05) is 12.1 Å². The number of halogens is 2. The lowest BCUT2D eigenvalue weighted by Gasteiger charge is -2.19. The van der Waals surface area contributed by atoms with Crippen molar-refractivity contribution in [1.82, 2.24) is 4.90 Å². The minimum Gasteiger partial charge on any atom is -0.306 e. The molecule has 0 bridgehead atoms. The number of likely N-dealkylation sites (N-methyl/N-ethyl adjacent to an activating group) is 1. The van der Waals surface area contributed by atoms with Crippen LogP contribution < -0.4 is 0 Å². The van der Waals surface area contributed by atoms with Gasteiger partial charge in [-0.15, -0.1) is 12.4 Å². The van der Waals surface area contributed by atoms with Gasteiger partial charge in [0.1, 0.15) is 5.82 Å². The Labute approximate surface area is 91.3 Å². The molecule has 14 heavy (non-hydrogen) atoms. The third-order valence-electron chi connectivity index (χ3n) is 2.33. The van der Waals surface area contributed by atoms with Crippen LogP contribution >= 0.6 is 12.4 Å². The molecule has 0 aliphatic rings. The van der Waals surface area contributed by atoms with E-state index >= 15 is 0 Å². The Morgan fingerprint density at radius 1 is 1.21 bits per heavy atom. The lowest BCUT2D eigenvalue weighted by Crippen LogP contribution is -2.26. The molecule has 1 aromatic carbocycles. The maximum absolute atomic E-state index is 12.6. The van der Waals surface area contributed by atoms with E-state index in [1.807, 2.05) is 26.2 Å². The number of hydrogen-bond donors (Lipinski definition) is 0. The fourth-order valence-corrected chi connectivity index (χ4v) is 1.14. The molecular formula is C11H17ClFN. The molecule has 3 heteroatoms. The summed E-state index contributed by atoms with van der Waals surface area (Å²) in [6.07, 6.45) is 0.966. The molecule has 0 saturated carbocycles. The Morgan fingerprint density at radius 2 is 1.71 bits per heavy atom. The summed E-state index contributed by atoms with van der Waals surface area (Å²) in [5.74, 6) is -0.166. The third kappa shape index (κ3) is 4.07. The van der Waals surface area contributed by atoms with Crippen molar-refractivity contribution in [3.63, 3.8) is 0 Å². The summed E-state index contributed by atoms with van der Waals surface area (Å²) in [5.41, 5.74) is 1.18. The van der Waals surface area contributed by atoms with Gasteiger partial charge < -0.3 is 4.90 Å². The second kappa shape index (κ2) is 5.99.